The molecule has 0 spiro atoms. The van der Waals surface area contributed by atoms with E-state index in [2.05, 4.69) is 118 Å². The molecule has 6 heteroatoms. The first kappa shape index (κ1) is 36.1. The second kappa shape index (κ2) is 13.7. The molecule has 0 amide bonds. The number of hydrogen-bond acceptors (Lipinski definition) is 6. The Bertz CT molecular complexity index is 3120. The summed E-state index contributed by atoms with van der Waals surface area (Å²) in [6.45, 7) is 12.6. The topological polar surface area (TPSA) is 63.7 Å². The van der Waals surface area contributed by atoms with E-state index in [4.69, 9.17) is 8.83 Å². The monoisotopic (exact) mass is 777 g/mol. The van der Waals surface area contributed by atoms with Crippen molar-refractivity contribution in [2.45, 2.75) is 52.9 Å². The molecule has 0 radical (unpaired) electrons. The van der Waals surface area contributed by atoms with E-state index < -0.39 is 0 Å². The molecule has 8 aromatic rings. The lowest BCUT2D eigenvalue weighted by Crippen LogP contribution is -2.21. The van der Waals surface area contributed by atoms with Gasteiger partial charge in [-0.15, -0.1) is 11.3 Å². The third kappa shape index (κ3) is 5.80. The minimum Gasteiger partial charge on any atom is -0.422 e. The Hall–Kier alpha value is -6.24. The van der Waals surface area contributed by atoms with Crippen LogP contribution in [0, 0.1) is 6.92 Å². The summed E-state index contributed by atoms with van der Waals surface area (Å²) >= 11 is 1.62. The molecule has 5 aromatic carbocycles. The lowest BCUT2D eigenvalue weighted by Gasteiger charge is -2.22. The average Bonchev–Trinajstić information content (AvgIpc) is 3.81. The van der Waals surface area contributed by atoms with Gasteiger partial charge in [0.1, 0.15) is 11.2 Å². The Kier molecular flexibility index (Phi) is 8.54. The summed E-state index contributed by atoms with van der Waals surface area (Å²) in [5, 5.41) is 1.89. The minimum absolute atomic E-state index is 0.226. The van der Waals surface area contributed by atoms with Crippen LogP contribution in [0.5, 0.6) is 0 Å². The highest BCUT2D eigenvalue weighted by atomic mass is 32.1. The molecule has 2 aliphatic carbocycles. The summed E-state index contributed by atoms with van der Waals surface area (Å²) in [5.74, 6) is 0. The molecule has 10 rings (SSSR count). The molecule has 58 heavy (non-hydrogen) atoms. The number of hydrogen-bond donors (Lipinski definition) is 0. The second-order valence-corrected chi connectivity index (χ2v) is 17.2. The fraction of sp³-hybridized carbons (Fsp3) is 0.192. The SMILES string of the molecule is CCN(CC)c1ccc2c(C)c(-c3ccc(-c4ccc5c(c4)C(C)(C)c4cc(-c6ccc(-c7cc8cc9c(cc8oc7=O)CCC=C9)s6)ccc4-5)cc3)c(=O)oc2c1. The predicted octanol–water partition coefficient (Wildman–Crippen LogP) is 13.0. The van der Waals surface area contributed by atoms with Crippen molar-refractivity contribution in [3.05, 3.63) is 164 Å². The summed E-state index contributed by atoms with van der Waals surface area (Å²) in [6.07, 6.45) is 6.34. The van der Waals surface area contributed by atoms with Gasteiger partial charge < -0.3 is 13.7 Å². The number of benzene rings is 5. The van der Waals surface area contributed by atoms with Crippen LogP contribution < -0.4 is 16.2 Å². The molecular formula is C52H43NO4S. The molecule has 2 aliphatic rings. The Morgan fingerprint density at radius 3 is 2.09 bits per heavy atom. The Balaban J connectivity index is 0.930. The number of aryl methyl sites for hydroxylation is 2. The van der Waals surface area contributed by atoms with Crippen LogP contribution in [-0.4, -0.2) is 13.1 Å². The van der Waals surface area contributed by atoms with E-state index in [-0.39, 0.29) is 16.7 Å². The number of rotatable bonds is 7. The normalized spacial score (nSPS) is 13.8. The Labute approximate surface area is 341 Å². The lowest BCUT2D eigenvalue weighted by molar-refractivity contribution is 0.562. The van der Waals surface area contributed by atoms with Crippen LogP contribution in [0.1, 0.15) is 61.9 Å². The molecule has 3 aromatic heterocycles. The van der Waals surface area contributed by atoms with Gasteiger partial charge in [-0.3, -0.25) is 0 Å². The van der Waals surface area contributed by atoms with Gasteiger partial charge in [0.15, 0.2) is 0 Å². The Morgan fingerprint density at radius 1 is 0.655 bits per heavy atom. The summed E-state index contributed by atoms with van der Waals surface area (Å²) in [5.41, 5.74) is 15.3. The zero-order chi connectivity index (χ0) is 39.9. The highest BCUT2D eigenvalue weighted by Gasteiger charge is 2.36. The van der Waals surface area contributed by atoms with Crippen molar-refractivity contribution in [1.29, 1.82) is 0 Å². The number of anilines is 1. The number of thiophene rings is 1. The molecule has 0 N–H and O–H groups in total. The van der Waals surface area contributed by atoms with Crippen molar-refractivity contribution in [1.82, 2.24) is 0 Å². The molecule has 0 atom stereocenters. The van der Waals surface area contributed by atoms with Crippen molar-refractivity contribution in [3.63, 3.8) is 0 Å². The molecule has 0 bridgehead atoms. The maximum absolute atomic E-state index is 13.4. The minimum atomic E-state index is -0.320. The van der Waals surface area contributed by atoms with Crippen LogP contribution >= 0.6 is 11.3 Å². The van der Waals surface area contributed by atoms with Crippen molar-refractivity contribution < 1.29 is 8.83 Å². The van der Waals surface area contributed by atoms with Gasteiger partial charge in [-0.05, 0) is 149 Å². The van der Waals surface area contributed by atoms with Crippen LogP contribution in [0.3, 0.4) is 0 Å². The molecule has 0 aliphatic heterocycles. The quantitative estimate of drug-likeness (QED) is 0.151. The second-order valence-electron chi connectivity index (χ2n) is 16.1. The van der Waals surface area contributed by atoms with Crippen molar-refractivity contribution in [2.24, 2.45) is 0 Å². The van der Waals surface area contributed by atoms with Gasteiger partial charge in [-0.2, -0.15) is 0 Å². The summed E-state index contributed by atoms with van der Waals surface area (Å²) < 4.78 is 11.8. The maximum Gasteiger partial charge on any atom is 0.345 e. The van der Waals surface area contributed by atoms with Crippen molar-refractivity contribution in [2.75, 3.05) is 18.0 Å². The molecular weight excluding hydrogens is 735 g/mol. The van der Waals surface area contributed by atoms with E-state index >= 15 is 0 Å². The standard InChI is InChI=1S/C52H43NO4S/c1-6-53(7-2)38-18-21-39-30(3)49(51(55)57-46(39)29-38)32-14-12-31(13-15-32)35-16-19-40-41-20-17-36(27-44(41)52(4,5)43(40)26-35)47-22-23-48(58-47)42-25-37-24-33-10-8-9-11-34(33)28-45(37)56-50(42)54/h8,10,12-29H,6-7,9,11H2,1-5H3. The van der Waals surface area contributed by atoms with E-state index in [1.807, 2.05) is 43.3 Å². The molecule has 0 fully saturated rings. The van der Waals surface area contributed by atoms with Crippen LogP contribution in [0.25, 0.3) is 82.3 Å². The molecule has 0 saturated carbocycles. The number of nitrogens with zero attached hydrogens (tertiary/aromatic N) is 1. The summed E-state index contributed by atoms with van der Waals surface area (Å²) in [7, 11) is 0. The molecule has 0 unspecified atom stereocenters. The Morgan fingerprint density at radius 2 is 1.33 bits per heavy atom. The lowest BCUT2D eigenvalue weighted by atomic mass is 9.81. The fourth-order valence-corrected chi connectivity index (χ4v) is 10.2. The van der Waals surface area contributed by atoms with E-state index in [1.165, 1.54) is 33.4 Å². The fourth-order valence-electron chi connectivity index (χ4n) is 9.22. The van der Waals surface area contributed by atoms with Gasteiger partial charge >= 0.3 is 11.3 Å². The van der Waals surface area contributed by atoms with E-state index in [0.29, 0.717) is 22.3 Å². The molecule has 3 heterocycles. The van der Waals surface area contributed by atoms with Crippen LogP contribution in [-0.2, 0) is 11.8 Å². The zero-order valence-electron chi connectivity index (χ0n) is 33.4. The van der Waals surface area contributed by atoms with Gasteiger partial charge in [0.25, 0.3) is 0 Å². The number of allylic oxidation sites excluding steroid dienone is 1. The van der Waals surface area contributed by atoms with Crippen molar-refractivity contribution >= 4 is 45.0 Å². The van der Waals surface area contributed by atoms with Gasteiger partial charge in [-0.25, -0.2) is 9.59 Å². The molecule has 286 valence electrons. The van der Waals surface area contributed by atoms with E-state index in [1.54, 1.807) is 11.3 Å². The van der Waals surface area contributed by atoms with Crippen LogP contribution in [0.15, 0.2) is 134 Å². The van der Waals surface area contributed by atoms with Crippen molar-refractivity contribution in [3.8, 4) is 54.3 Å². The first-order valence-corrected chi connectivity index (χ1v) is 21.0. The largest absolute Gasteiger partial charge is 0.422 e. The average molecular weight is 778 g/mol. The highest BCUT2D eigenvalue weighted by Crippen LogP contribution is 2.51. The first-order chi connectivity index (χ1) is 28.1. The van der Waals surface area contributed by atoms with Gasteiger partial charge in [0.05, 0.1) is 11.1 Å². The van der Waals surface area contributed by atoms with Crippen LogP contribution in [0.2, 0.25) is 0 Å². The summed E-state index contributed by atoms with van der Waals surface area (Å²) in [4.78, 5) is 30.9. The third-order valence-corrected chi connectivity index (χ3v) is 13.7. The maximum atomic E-state index is 13.4. The van der Waals surface area contributed by atoms with Gasteiger partial charge in [0, 0.05) is 50.8 Å². The predicted molar refractivity (Wildman–Crippen MR) is 241 cm³/mol. The third-order valence-electron chi connectivity index (χ3n) is 12.5. The zero-order valence-corrected chi connectivity index (χ0v) is 34.2. The van der Waals surface area contributed by atoms with Gasteiger partial charge in [0.2, 0.25) is 0 Å². The molecule has 5 nitrogen and oxygen atoms in total. The number of fused-ring (bicyclic) bond motifs is 6. The van der Waals surface area contributed by atoms with E-state index in [9.17, 15) is 9.59 Å². The summed E-state index contributed by atoms with van der Waals surface area (Å²) in [6, 6.07) is 38.3. The van der Waals surface area contributed by atoms with Crippen LogP contribution in [0.4, 0.5) is 5.69 Å². The smallest absolute Gasteiger partial charge is 0.345 e. The molecule has 0 saturated heterocycles. The van der Waals surface area contributed by atoms with E-state index in [0.717, 1.165) is 80.0 Å². The first-order valence-electron chi connectivity index (χ1n) is 20.2. The van der Waals surface area contributed by atoms with Gasteiger partial charge in [-0.1, -0.05) is 74.5 Å². The highest BCUT2D eigenvalue weighted by molar-refractivity contribution is 7.18.